The fourth-order valence-corrected chi connectivity index (χ4v) is 3.52. The first kappa shape index (κ1) is 25.4. The molecule has 0 bridgehead atoms. The second-order valence-corrected chi connectivity index (χ2v) is 7.70. The normalized spacial score (nSPS) is 13.8. The van der Waals surface area contributed by atoms with Crippen molar-refractivity contribution in [3.8, 4) is 0 Å². The maximum atomic E-state index is 13.6. The maximum absolute atomic E-state index is 13.6. The number of benzene rings is 2. The number of amides is 1. The molecule has 0 fully saturated rings. The average molecular weight is 449 g/mol. The Labute approximate surface area is 187 Å². The van der Waals surface area contributed by atoms with Crippen LogP contribution in [0, 0.1) is 11.6 Å². The van der Waals surface area contributed by atoms with Gasteiger partial charge in [0.2, 0.25) is 5.91 Å². The zero-order valence-corrected chi connectivity index (χ0v) is 18.5. The second-order valence-electron chi connectivity index (χ2n) is 7.70. The van der Waals surface area contributed by atoms with Crippen molar-refractivity contribution in [3.63, 3.8) is 0 Å². The molecule has 0 saturated heterocycles. The van der Waals surface area contributed by atoms with Crippen molar-refractivity contribution in [2.24, 2.45) is 0 Å². The van der Waals surface area contributed by atoms with Crippen LogP contribution in [-0.2, 0) is 27.2 Å². The van der Waals surface area contributed by atoms with Gasteiger partial charge in [0.25, 0.3) is 0 Å². The summed E-state index contributed by atoms with van der Waals surface area (Å²) in [6, 6.07) is 9.61. The van der Waals surface area contributed by atoms with E-state index in [9.17, 15) is 23.5 Å². The summed E-state index contributed by atoms with van der Waals surface area (Å²) in [5.74, 6) is -2.26. The first-order valence-corrected chi connectivity index (χ1v) is 10.5. The van der Waals surface area contributed by atoms with Crippen molar-refractivity contribution in [2.75, 3.05) is 13.7 Å². The summed E-state index contributed by atoms with van der Waals surface area (Å²) in [7, 11) is 1.31. The number of ether oxygens (including phenoxy) is 1. The largest absolute Gasteiger partial charge is 0.469 e. The van der Waals surface area contributed by atoms with E-state index in [4.69, 9.17) is 4.74 Å². The van der Waals surface area contributed by atoms with Crippen LogP contribution in [0.4, 0.5) is 8.78 Å². The lowest BCUT2D eigenvalue weighted by Crippen LogP contribution is -2.48. The van der Waals surface area contributed by atoms with Gasteiger partial charge < -0.3 is 20.5 Å². The van der Waals surface area contributed by atoms with Crippen molar-refractivity contribution in [1.82, 2.24) is 10.6 Å². The number of halogens is 2. The van der Waals surface area contributed by atoms with Crippen molar-refractivity contribution in [2.45, 2.75) is 51.3 Å². The molecule has 6 nitrogen and oxygen atoms in total. The highest BCUT2D eigenvalue weighted by Gasteiger charge is 2.24. The number of aliphatic hydroxyl groups is 1. The fraction of sp³-hybridized carbons (Fsp3) is 0.417. The SMILES string of the molecule is CCc1cccc(C(CC(=O)OC)NC[C@@H](O)[C@H](Cc2cc(F)cc(F)c2)NC(C)=O)c1. The standard InChI is InChI=1S/C24H30F2N2O4/c1-4-16-6-5-7-18(8-16)21(13-24(31)32-3)27-14-23(30)22(28-15(2)29)11-17-9-19(25)12-20(26)10-17/h5-10,12,21-23,27,30H,4,11,13-14H2,1-3H3,(H,28,29)/t21?,22-,23+/m0/s1. The molecule has 3 N–H and O–H groups in total. The van der Waals surface area contributed by atoms with Crippen LogP contribution in [0.3, 0.4) is 0 Å². The van der Waals surface area contributed by atoms with Gasteiger partial charge in [0.05, 0.1) is 25.7 Å². The van der Waals surface area contributed by atoms with Gasteiger partial charge in [-0.2, -0.15) is 0 Å². The van der Waals surface area contributed by atoms with E-state index in [-0.39, 0.29) is 25.3 Å². The number of aryl methyl sites for hydroxylation is 1. The minimum atomic E-state index is -1.08. The highest BCUT2D eigenvalue weighted by atomic mass is 19.1. The van der Waals surface area contributed by atoms with Gasteiger partial charge >= 0.3 is 5.97 Å². The Morgan fingerprint density at radius 1 is 1.09 bits per heavy atom. The maximum Gasteiger partial charge on any atom is 0.307 e. The van der Waals surface area contributed by atoms with E-state index in [1.54, 1.807) is 0 Å². The summed E-state index contributed by atoms with van der Waals surface area (Å²) in [6.07, 6.45) is -0.170. The minimum absolute atomic E-state index is 0.0285. The molecule has 8 heteroatoms. The first-order chi connectivity index (χ1) is 15.2. The predicted octanol–water partition coefficient (Wildman–Crippen LogP) is 2.83. The van der Waals surface area contributed by atoms with Crippen LogP contribution in [0.2, 0.25) is 0 Å². The van der Waals surface area contributed by atoms with E-state index in [2.05, 4.69) is 10.6 Å². The molecule has 3 atom stereocenters. The lowest BCUT2D eigenvalue weighted by Gasteiger charge is -2.27. The molecule has 2 aromatic carbocycles. The van der Waals surface area contributed by atoms with Gasteiger partial charge in [-0.3, -0.25) is 9.59 Å². The van der Waals surface area contributed by atoms with Crippen LogP contribution in [0.5, 0.6) is 0 Å². The molecule has 2 aromatic rings. The number of rotatable bonds is 11. The number of carbonyl (C=O) groups is 2. The number of nitrogens with one attached hydrogen (secondary N) is 2. The van der Waals surface area contributed by atoms with Gasteiger partial charge in [0.15, 0.2) is 0 Å². The van der Waals surface area contributed by atoms with Crippen molar-refractivity contribution in [3.05, 3.63) is 70.8 Å². The second kappa shape index (κ2) is 12.3. The van der Waals surface area contributed by atoms with Gasteiger partial charge in [0.1, 0.15) is 11.6 Å². The monoisotopic (exact) mass is 448 g/mol. The molecule has 1 unspecified atom stereocenters. The van der Waals surface area contributed by atoms with E-state index in [0.29, 0.717) is 5.56 Å². The van der Waals surface area contributed by atoms with Gasteiger partial charge in [-0.1, -0.05) is 31.2 Å². The lowest BCUT2D eigenvalue weighted by atomic mass is 9.98. The zero-order valence-electron chi connectivity index (χ0n) is 18.5. The predicted molar refractivity (Wildman–Crippen MR) is 117 cm³/mol. The molecule has 0 saturated carbocycles. The van der Waals surface area contributed by atoms with Crippen LogP contribution in [0.15, 0.2) is 42.5 Å². The van der Waals surface area contributed by atoms with Gasteiger partial charge in [-0.15, -0.1) is 0 Å². The quantitative estimate of drug-likeness (QED) is 0.460. The van der Waals surface area contributed by atoms with Crippen LogP contribution in [0.1, 0.15) is 43.0 Å². The summed E-state index contributed by atoms with van der Waals surface area (Å²) in [5.41, 5.74) is 2.27. The summed E-state index contributed by atoms with van der Waals surface area (Å²) in [5, 5.41) is 16.6. The van der Waals surface area contributed by atoms with Crippen LogP contribution < -0.4 is 10.6 Å². The van der Waals surface area contributed by atoms with Gasteiger partial charge in [-0.05, 0) is 41.7 Å². The molecule has 32 heavy (non-hydrogen) atoms. The van der Waals surface area contributed by atoms with Crippen LogP contribution >= 0.6 is 0 Å². The number of hydrogen-bond acceptors (Lipinski definition) is 5. The number of hydrogen-bond donors (Lipinski definition) is 3. The van der Waals surface area contributed by atoms with Crippen molar-refractivity contribution < 1.29 is 28.2 Å². The van der Waals surface area contributed by atoms with Gasteiger partial charge in [-0.25, -0.2) is 8.78 Å². The average Bonchev–Trinajstić information content (AvgIpc) is 2.74. The topological polar surface area (TPSA) is 87.7 Å². The first-order valence-electron chi connectivity index (χ1n) is 10.5. The highest BCUT2D eigenvalue weighted by molar-refractivity contribution is 5.73. The Hall–Kier alpha value is -2.84. The zero-order chi connectivity index (χ0) is 23.7. The third-order valence-electron chi connectivity index (χ3n) is 5.16. The molecule has 0 aliphatic rings. The molecule has 0 heterocycles. The summed E-state index contributed by atoms with van der Waals surface area (Å²) in [4.78, 5) is 23.6. The number of aliphatic hydroxyl groups excluding tert-OH is 1. The van der Waals surface area contributed by atoms with E-state index in [1.807, 2.05) is 31.2 Å². The summed E-state index contributed by atoms with van der Waals surface area (Å²) in [6.45, 7) is 3.36. The van der Waals surface area contributed by atoms with E-state index in [0.717, 1.165) is 35.7 Å². The van der Waals surface area contributed by atoms with Gasteiger partial charge in [0, 0.05) is 25.6 Å². The smallest absolute Gasteiger partial charge is 0.307 e. The molecule has 2 rings (SSSR count). The molecule has 0 radical (unpaired) electrons. The molecule has 1 amide bonds. The summed E-state index contributed by atoms with van der Waals surface area (Å²) >= 11 is 0. The molecular weight excluding hydrogens is 418 g/mol. The molecule has 0 aromatic heterocycles. The Morgan fingerprint density at radius 3 is 2.38 bits per heavy atom. The van der Waals surface area contributed by atoms with E-state index >= 15 is 0 Å². The Morgan fingerprint density at radius 2 is 1.78 bits per heavy atom. The third kappa shape index (κ3) is 8.01. The van der Waals surface area contributed by atoms with Crippen molar-refractivity contribution >= 4 is 11.9 Å². The molecular formula is C24H30F2N2O4. The molecule has 0 aliphatic carbocycles. The highest BCUT2D eigenvalue weighted by Crippen LogP contribution is 2.20. The lowest BCUT2D eigenvalue weighted by molar-refractivity contribution is -0.141. The van der Waals surface area contributed by atoms with E-state index < -0.39 is 35.8 Å². The molecule has 0 spiro atoms. The molecule has 174 valence electrons. The van der Waals surface area contributed by atoms with Crippen molar-refractivity contribution in [1.29, 1.82) is 0 Å². The third-order valence-corrected chi connectivity index (χ3v) is 5.16. The Bertz CT molecular complexity index is 902. The number of methoxy groups -OCH3 is 1. The fourth-order valence-electron chi connectivity index (χ4n) is 3.52. The molecule has 0 aliphatic heterocycles. The van der Waals surface area contributed by atoms with E-state index in [1.165, 1.54) is 14.0 Å². The number of carbonyl (C=O) groups excluding carboxylic acids is 2. The van der Waals surface area contributed by atoms with Crippen LogP contribution in [-0.4, -0.2) is 42.8 Å². The Balaban J connectivity index is 2.16. The number of esters is 1. The van der Waals surface area contributed by atoms with Crippen LogP contribution in [0.25, 0.3) is 0 Å². The summed E-state index contributed by atoms with van der Waals surface area (Å²) < 4.78 is 31.9. The Kier molecular flexibility index (Phi) is 9.74. The minimum Gasteiger partial charge on any atom is -0.469 e.